The Morgan fingerprint density at radius 3 is 1.09 bits per heavy atom. The number of esters is 2. The van der Waals surface area contributed by atoms with Crippen molar-refractivity contribution in [2.75, 3.05) is 47.5 Å². The highest BCUT2D eigenvalue weighted by atomic mass is 16.7. The monoisotopic (exact) mass is 1080 g/mol. The molecule has 0 fully saturated rings. The standard InChI is InChI=1S/C69H113NO8/c1-6-8-10-12-14-16-18-20-22-24-26-27-28-29-30-31-32-33-34-35-36-37-38-39-40-41-42-44-46-48-50-52-54-56-58-60-67(72)78-65(64-77-69(68(73)74)75-62-61-70(3,4)5)63-76-66(71)59-57-55-53-51-49-47-45-43-25-23-21-19-17-15-13-11-9-7-2/h8,10,14,16-17,19-20,22-23,25-27,29-30,32-33,35-36,38-39,41-42,65,69H,6-7,9,11-13,15,18,21,24,28,31,34,37,40,43-64H2,1-5H3/b10-8-,16-14-,19-17-,22-20-,25-23-,27-26-,30-29-,33-32-,36-35-,39-38-,42-41-. The van der Waals surface area contributed by atoms with E-state index in [4.69, 9.17) is 18.9 Å². The molecule has 442 valence electrons. The molecular formula is C69H113NO8. The number of hydrogen-bond acceptors (Lipinski definition) is 8. The van der Waals surface area contributed by atoms with Gasteiger partial charge in [-0.3, -0.25) is 9.59 Å². The van der Waals surface area contributed by atoms with Gasteiger partial charge < -0.3 is 33.3 Å². The van der Waals surface area contributed by atoms with Crippen LogP contribution in [-0.2, 0) is 33.3 Å². The highest BCUT2D eigenvalue weighted by Crippen LogP contribution is 2.14. The summed E-state index contributed by atoms with van der Waals surface area (Å²) in [5.74, 6) is -2.32. The van der Waals surface area contributed by atoms with Gasteiger partial charge in [-0.25, -0.2) is 0 Å². The van der Waals surface area contributed by atoms with Gasteiger partial charge in [0.05, 0.1) is 40.3 Å². The molecule has 78 heavy (non-hydrogen) atoms. The summed E-state index contributed by atoms with van der Waals surface area (Å²) < 4.78 is 22.7. The number of allylic oxidation sites excluding steroid dienone is 22. The third-order valence-electron chi connectivity index (χ3n) is 12.6. The molecule has 2 unspecified atom stereocenters. The van der Waals surface area contributed by atoms with Crippen LogP contribution in [0.1, 0.15) is 226 Å². The van der Waals surface area contributed by atoms with Crippen LogP contribution < -0.4 is 5.11 Å². The van der Waals surface area contributed by atoms with Crippen molar-refractivity contribution in [3.05, 3.63) is 134 Å². The maximum atomic E-state index is 12.9. The molecule has 0 N–H and O–H groups in total. The Bertz CT molecular complexity index is 1740. The number of unbranched alkanes of at least 4 members (excludes halogenated alkanes) is 18. The summed E-state index contributed by atoms with van der Waals surface area (Å²) in [6.45, 7) is 4.58. The van der Waals surface area contributed by atoms with Crippen LogP contribution in [-0.4, -0.2) is 82.3 Å². The van der Waals surface area contributed by atoms with Gasteiger partial charge in [0.1, 0.15) is 13.2 Å². The van der Waals surface area contributed by atoms with Crippen molar-refractivity contribution in [2.45, 2.75) is 238 Å². The Morgan fingerprint density at radius 1 is 0.397 bits per heavy atom. The first kappa shape index (κ1) is 73.4. The van der Waals surface area contributed by atoms with Gasteiger partial charge in [-0.1, -0.05) is 231 Å². The number of rotatable bonds is 55. The number of aliphatic carboxylic acids is 1. The van der Waals surface area contributed by atoms with Crippen LogP contribution in [0.25, 0.3) is 0 Å². The zero-order valence-corrected chi connectivity index (χ0v) is 50.2. The lowest BCUT2D eigenvalue weighted by Crippen LogP contribution is -2.44. The van der Waals surface area contributed by atoms with Crippen molar-refractivity contribution >= 4 is 17.9 Å². The van der Waals surface area contributed by atoms with Gasteiger partial charge in [-0.15, -0.1) is 0 Å². The lowest BCUT2D eigenvalue weighted by atomic mass is 10.1. The minimum atomic E-state index is -1.63. The van der Waals surface area contributed by atoms with Gasteiger partial charge in [-0.05, 0) is 116 Å². The maximum Gasteiger partial charge on any atom is 0.306 e. The van der Waals surface area contributed by atoms with Crippen molar-refractivity contribution in [3.63, 3.8) is 0 Å². The molecule has 9 nitrogen and oxygen atoms in total. The predicted octanol–water partition coefficient (Wildman–Crippen LogP) is 17.3. The van der Waals surface area contributed by atoms with Gasteiger partial charge in [0.2, 0.25) is 0 Å². The first-order valence-corrected chi connectivity index (χ1v) is 30.8. The van der Waals surface area contributed by atoms with Gasteiger partial charge in [0, 0.05) is 12.8 Å². The fourth-order valence-electron chi connectivity index (χ4n) is 7.91. The lowest BCUT2D eigenvalue weighted by molar-refractivity contribution is -0.870. The number of hydrogen-bond donors (Lipinski definition) is 0. The van der Waals surface area contributed by atoms with Crippen molar-refractivity contribution in [2.24, 2.45) is 0 Å². The summed E-state index contributed by atoms with van der Waals surface area (Å²) in [6.07, 6.45) is 80.7. The summed E-state index contributed by atoms with van der Waals surface area (Å²) in [5.41, 5.74) is 0. The highest BCUT2D eigenvalue weighted by molar-refractivity contribution is 5.70. The van der Waals surface area contributed by atoms with E-state index in [1.165, 1.54) is 70.6 Å². The molecule has 0 saturated heterocycles. The summed E-state index contributed by atoms with van der Waals surface area (Å²) in [5, 5.41) is 11.8. The molecule has 0 heterocycles. The normalized spacial score (nSPS) is 13.7. The van der Waals surface area contributed by atoms with Crippen LogP contribution in [0.15, 0.2) is 134 Å². The topological polar surface area (TPSA) is 111 Å². The summed E-state index contributed by atoms with van der Waals surface area (Å²) in [6, 6.07) is 0. The second kappa shape index (κ2) is 58.6. The molecule has 0 aromatic carbocycles. The third kappa shape index (κ3) is 59.1. The first-order chi connectivity index (χ1) is 38.1. The average Bonchev–Trinajstić information content (AvgIpc) is 3.41. The summed E-state index contributed by atoms with van der Waals surface area (Å²) in [7, 11) is 5.91. The van der Waals surface area contributed by atoms with Crippen molar-refractivity contribution in [1.82, 2.24) is 0 Å². The van der Waals surface area contributed by atoms with Crippen LogP contribution in [0, 0.1) is 0 Å². The number of carbonyl (C=O) groups is 3. The number of ether oxygens (including phenoxy) is 4. The molecule has 0 amide bonds. The fraction of sp³-hybridized carbons (Fsp3) is 0.638. The van der Waals surface area contributed by atoms with E-state index >= 15 is 0 Å². The SMILES string of the molecule is CC/C=C\C/C=C\C/C=C\C/C=C\C/C=C\C/C=C\C/C=C\C/C=C\C/C=C\CCCCCCCCCC(=O)OC(COC(=O)CCCCCCCCC/C=C\C/C=C\CCCCCC)COC(OCC[N+](C)(C)C)C(=O)[O-]. The van der Waals surface area contributed by atoms with Crippen molar-refractivity contribution < 1.29 is 42.9 Å². The molecule has 0 aromatic heterocycles. The number of likely N-dealkylation sites (N-methyl/N-ethyl adjacent to an activating group) is 1. The zero-order chi connectivity index (χ0) is 56.9. The smallest absolute Gasteiger partial charge is 0.306 e. The maximum absolute atomic E-state index is 12.9. The van der Waals surface area contributed by atoms with Crippen LogP contribution in [0.4, 0.5) is 0 Å². The minimum Gasteiger partial charge on any atom is -0.545 e. The Labute approximate surface area is 478 Å². The zero-order valence-electron chi connectivity index (χ0n) is 50.2. The van der Waals surface area contributed by atoms with Gasteiger partial charge in [0.25, 0.3) is 0 Å². The number of nitrogens with zero attached hydrogens (tertiary/aromatic N) is 1. The van der Waals surface area contributed by atoms with E-state index < -0.39 is 24.3 Å². The molecule has 0 aliphatic carbocycles. The molecule has 0 rings (SSSR count). The van der Waals surface area contributed by atoms with E-state index in [0.29, 0.717) is 17.4 Å². The molecule has 0 aliphatic heterocycles. The van der Waals surface area contributed by atoms with Crippen LogP contribution in [0.3, 0.4) is 0 Å². The van der Waals surface area contributed by atoms with Crippen molar-refractivity contribution in [3.8, 4) is 0 Å². The Morgan fingerprint density at radius 2 is 0.731 bits per heavy atom. The summed E-state index contributed by atoms with van der Waals surface area (Å²) >= 11 is 0. The van der Waals surface area contributed by atoms with E-state index in [1.807, 2.05) is 21.1 Å². The van der Waals surface area contributed by atoms with E-state index in [1.54, 1.807) is 0 Å². The third-order valence-corrected chi connectivity index (χ3v) is 12.6. The highest BCUT2D eigenvalue weighted by Gasteiger charge is 2.22. The van der Waals surface area contributed by atoms with E-state index in [0.717, 1.165) is 122 Å². The van der Waals surface area contributed by atoms with Crippen LogP contribution in [0.5, 0.6) is 0 Å². The average molecular weight is 1080 g/mol. The van der Waals surface area contributed by atoms with E-state index in [2.05, 4.69) is 148 Å². The first-order valence-electron chi connectivity index (χ1n) is 30.8. The Balaban J connectivity index is 4.26. The number of quaternary nitrogens is 1. The van der Waals surface area contributed by atoms with E-state index in [9.17, 15) is 19.5 Å². The van der Waals surface area contributed by atoms with Gasteiger partial charge >= 0.3 is 11.9 Å². The lowest BCUT2D eigenvalue weighted by Gasteiger charge is -2.26. The van der Waals surface area contributed by atoms with Gasteiger partial charge in [-0.2, -0.15) is 0 Å². The van der Waals surface area contributed by atoms with Crippen molar-refractivity contribution in [1.29, 1.82) is 0 Å². The Kier molecular flexibility index (Phi) is 55.1. The molecule has 9 heteroatoms. The minimum absolute atomic E-state index is 0.137. The molecule has 0 aromatic rings. The molecular weight excluding hydrogens is 971 g/mol. The fourth-order valence-corrected chi connectivity index (χ4v) is 7.91. The molecule has 0 saturated carbocycles. The molecule has 0 bridgehead atoms. The number of carboxylic acids is 1. The second-order valence-corrected chi connectivity index (χ2v) is 21.3. The predicted molar refractivity (Wildman–Crippen MR) is 329 cm³/mol. The number of carboxylic acid groups (broad SMARTS) is 1. The summed E-state index contributed by atoms with van der Waals surface area (Å²) in [4.78, 5) is 37.3. The molecule has 0 spiro atoms. The molecule has 0 aliphatic rings. The second-order valence-electron chi connectivity index (χ2n) is 21.3. The van der Waals surface area contributed by atoms with Crippen LogP contribution >= 0.6 is 0 Å². The Hall–Kier alpha value is -4.57. The quantitative estimate of drug-likeness (QED) is 0.0195. The molecule has 0 radical (unpaired) electrons. The number of carbonyl (C=O) groups excluding carboxylic acids is 3. The molecule has 2 atom stereocenters. The van der Waals surface area contributed by atoms with E-state index in [-0.39, 0.29) is 38.6 Å². The van der Waals surface area contributed by atoms with Crippen LogP contribution in [0.2, 0.25) is 0 Å². The van der Waals surface area contributed by atoms with Gasteiger partial charge in [0.15, 0.2) is 12.4 Å². The largest absolute Gasteiger partial charge is 0.545 e.